The van der Waals surface area contributed by atoms with Gasteiger partial charge in [-0.15, -0.1) is 0 Å². The van der Waals surface area contributed by atoms with E-state index >= 15 is 0 Å². The average molecular weight is 899 g/mol. The molecule has 3 aliphatic rings. The van der Waals surface area contributed by atoms with Gasteiger partial charge in [0.1, 0.15) is 11.5 Å². The highest BCUT2D eigenvalue weighted by Crippen LogP contribution is 2.41. The van der Waals surface area contributed by atoms with E-state index in [0.29, 0.717) is 47.9 Å². The number of carbonyl (C=O) groups is 6. The molecular formula is C51H62N8O7. The Morgan fingerprint density at radius 2 is 1.53 bits per heavy atom. The zero-order valence-corrected chi connectivity index (χ0v) is 38.6. The fraction of sp³-hybridized carbons (Fsp3) is 0.471. The van der Waals surface area contributed by atoms with Crippen molar-refractivity contribution >= 4 is 68.3 Å². The summed E-state index contributed by atoms with van der Waals surface area (Å²) in [6.07, 6.45) is 9.82. The number of aromatic nitrogens is 4. The van der Waals surface area contributed by atoms with Crippen LogP contribution in [0.1, 0.15) is 136 Å². The Bertz CT molecular complexity index is 2620. The Morgan fingerprint density at radius 3 is 2.23 bits per heavy atom. The zero-order valence-electron chi connectivity index (χ0n) is 38.6. The Kier molecular flexibility index (Phi) is 13.6. The zero-order chi connectivity index (χ0) is 46.8. The molecule has 2 aromatic carbocycles. The van der Waals surface area contributed by atoms with Gasteiger partial charge in [-0.1, -0.05) is 53.5 Å². The van der Waals surface area contributed by atoms with Crippen LogP contribution in [0.15, 0.2) is 61.3 Å². The van der Waals surface area contributed by atoms with Crippen LogP contribution < -0.4 is 16.0 Å². The van der Waals surface area contributed by atoms with Crippen molar-refractivity contribution in [2.45, 2.75) is 110 Å². The molecule has 8 rings (SSSR count). The van der Waals surface area contributed by atoms with Gasteiger partial charge in [0, 0.05) is 58.6 Å². The molecule has 2 aliphatic heterocycles. The number of Topliss-reactive ketones (excluding diaryl/α,β-unsaturated/α-hetero) is 1. The topological polar surface area (TPSA) is 211 Å². The Labute approximate surface area is 384 Å². The summed E-state index contributed by atoms with van der Waals surface area (Å²) in [5.74, 6) is 0.0409. The van der Waals surface area contributed by atoms with E-state index in [1.807, 2.05) is 69.0 Å². The van der Waals surface area contributed by atoms with E-state index in [-0.39, 0.29) is 77.3 Å². The molecular weight excluding hydrogens is 837 g/mol. The molecule has 0 bridgehead atoms. The van der Waals surface area contributed by atoms with Crippen LogP contribution in [0.4, 0.5) is 16.2 Å². The fourth-order valence-electron chi connectivity index (χ4n) is 10.4. The number of alkyl carbamates (subject to hydrolysis) is 1. The fourth-order valence-corrected chi connectivity index (χ4v) is 10.4. The average Bonchev–Trinajstić information content (AvgIpc) is 4.15. The second-order valence-corrected chi connectivity index (χ2v) is 19.1. The number of imidazole rings is 1. The molecule has 15 heteroatoms. The van der Waals surface area contributed by atoms with Crippen LogP contribution in [0.5, 0.6) is 0 Å². The number of ketones is 4. The molecule has 2 amide bonds. The maximum absolute atomic E-state index is 14.0. The number of H-pyrrole nitrogens is 3. The number of nitrogens with zero attached hydrogens (tertiary/aromatic N) is 2. The highest BCUT2D eigenvalue weighted by Gasteiger charge is 2.39. The van der Waals surface area contributed by atoms with Crippen LogP contribution in [0.25, 0.3) is 21.8 Å². The Hall–Kier alpha value is -6.51. The minimum absolute atomic E-state index is 0.000272. The molecule has 0 radical (unpaired) electrons. The van der Waals surface area contributed by atoms with Crippen LogP contribution in [0.3, 0.4) is 0 Å². The van der Waals surface area contributed by atoms with E-state index in [1.54, 1.807) is 6.07 Å². The number of likely N-dealkylation sites (tertiary alicyclic amines) is 1. The second kappa shape index (κ2) is 19.5. The Morgan fingerprint density at radius 1 is 0.818 bits per heavy atom. The second-order valence-electron chi connectivity index (χ2n) is 19.1. The highest BCUT2D eigenvalue weighted by atomic mass is 16.5. The third-order valence-corrected chi connectivity index (χ3v) is 14.1. The number of nitrogens with one attached hydrogen (secondary N) is 6. The molecule has 0 spiro atoms. The van der Waals surface area contributed by atoms with Crippen molar-refractivity contribution in [1.29, 1.82) is 0 Å². The molecule has 3 aromatic heterocycles. The van der Waals surface area contributed by atoms with Crippen molar-refractivity contribution in [2.75, 3.05) is 24.3 Å². The van der Waals surface area contributed by atoms with Gasteiger partial charge in [-0.2, -0.15) is 0 Å². The van der Waals surface area contributed by atoms with E-state index in [4.69, 9.17) is 4.74 Å². The molecule has 5 heterocycles. The lowest BCUT2D eigenvalue weighted by atomic mass is 9.80. The summed E-state index contributed by atoms with van der Waals surface area (Å²) in [6.45, 7) is 12.0. The van der Waals surface area contributed by atoms with E-state index in [0.717, 1.165) is 78.1 Å². The van der Waals surface area contributed by atoms with E-state index in [2.05, 4.69) is 42.5 Å². The third kappa shape index (κ3) is 9.57. The number of allylic oxidation sites excluding steroid dienone is 1. The van der Waals surface area contributed by atoms with Crippen molar-refractivity contribution in [3.05, 3.63) is 89.8 Å². The van der Waals surface area contributed by atoms with Gasteiger partial charge < -0.3 is 40.5 Å². The first-order chi connectivity index (χ1) is 31.7. The standard InChI is InChI=1S/C51H62N8O7/c1-7-33(60)16-17-34(27(2)3)50(64)59-19-11-14-43(59)49-52-26-42(57-49)47(63)41-23-32-20-31-22-40(53-37(31)25-38(32)54-41)46(62)30-15-18-36-39(21-30)56-48(55-36)35-13-10-8-9-12-29(35)24-44(61)45(28(4)5)58-51(65)66-6/h7,15,18,20-23,25-29,34-35,43,45,48,53-56H,1,8-14,16-17,19,24H2,2-6H3,(H,52,57)(H,58,65). The summed E-state index contributed by atoms with van der Waals surface area (Å²) in [5, 5.41) is 11.7. The highest BCUT2D eigenvalue weighted by molar-refractivity contribution is 6.13. The number of anilines is 2. The van der Waals surface area contributed by atoms with Gasteiger partial charge in [-0.25, -0.2) is 9.78 Å². The van der Waals surface area contributed by atoms with Crippen LogP contribution in [0.2, 0.25) is 0 Å². The van der Waals surface area contributed by atoms with Gasteiger partial charge in [-0.3, -0.25) is 24.0 Å². The van der Waals surface area contributed by atoms with Crippen LogP contribution in [-0.2, 0) is 19.1 Å². The van der Waals surface area contributed by atoms with Gasteiger partial charge in [0.05, 0.1) is 54.3 Å². The lowest BCUT2D eigenvalue weighted by Crippen LogP contribution is -2.46. The molecule has 6 N–H and O–H groups in total. The number of rotatable bonds is 17. The van der Waals surface area contributed by atoms with Crippen molar-refractivity contribution in [3.63, 3.8) is 0 Å². The number of methoxy groups -OCH3 is 1. The van der Waals surface area contributed by atoms with Crippen molar-refractivity contribution in [2.24, 2.45) is 29.6 Å². The van der Waals surface area contributed by atoms with Crippen molar-refractivity contribution < 1.29 is 33.5 Å². The van der Waals surface area contributed by atoms with Gasteiger partial charge in [0.25, 0.3) is 0 Å². The SMILES string of the molecule is C=CC(=O)CCC(C(=O)N1CCCC1c1ncc(C(=O)c2cc3cc4cc(C(=O)c5ccc6c(c5)NC(C5CCCCCC5CC(=O)C(NC(=O)OC)C(C)C)N6)[nH]c4cc3[nH]2)[nH]1)C(C)C. The number of hydrogen-bond acceptors (Lipinski definition) is 10. The summed E-state index contributed by atoms with van der Waals surface area (Å²) in [6, 6.07) is 12.2. The van der Waals surface area contributed by atoms with Crippen molar-refractivity contribution in [3.8, 4) is 0 Å². The number of aromatic amines is 3. The number of fused-ring (bicyclic) bond motifs is 3. The molecule has 1 saturated carbocycles. The number of ether oxygens (including phenoxy) is 1. The first-order valence-corrected chi connectivity index (χ1v) is 23.5. The van der Waals surface area contributed by atoms with Crippen LogP contribution in [-0.4, -0.2) is 85.8 Å². The summed E-state index contributed by atoms with van der Waals surface area (Å²) >= 11 is 0. The first-order valence-electron chi connectivity index (χ1n) is 23.5. The molecule has 6 unspecified atom stereocenters. The van der Waals surface area contributed by atoms with Crippen LogP contribution in [0, 0.1) is 29.6 Å². The molecule has 5 aromatic rings. The minimum atomic E-state index is -0.619. The number of carbonyl (C=O) groups excluding carboxylic acids is 6. The molecule has 6 atom stereocenters. The normalized spacial score (nSPS) is 20.4. The van der Waals surface area contributed by atoms with Gasteiger partial charge >= 0.3 is 6.09 Å². The molecule has 1 saturated heterocycles. The maximum Gasteiger partial charge on any atom is 0.407 e. The minimum Gasteiger partial charge on any atom is -0.453 e. The summed E-state index contributed by atoms with van der Waals surface area (Å²) in [7, 11) is 1.30. The monoisotopic (exact) mass is 898 g/mol. The number of benzene rings is 2. The maximum atomic E-state index is 14.0. The largest absolute Gasteiger partial charge is 0.453 e. The molecule has 1 aliphatic carbocycles. The van der Waals surface area contributed by atoms with Gasteiger partial charge in [0.2, 0.25) is 17.5 Å². The quantitative estimate of drug-likeness (QED) is 0.0296. The van der Waals surface area contributed by atoms with Gasteiger partial charge in [-0.05, 0) is 98.4 Å². The third-order valence-electron chi connectivity index (χ3n) is 14.1. The molecule has 348 valence electrons. The van der Waals surface area contributed by atoms with Gasteiger partial charge in [0.15, 0.2) is 11.6 Å². The lowest BCUT2D eigenvalue weighted by Gasteiger charge is -2.32. The number of hydrogen-bond donors (Lipinski definition) is 6. The van der Waals surface area contributed by atoms with E-state index in [9.17, 15) is 28.8 Å². The lowest BCUT2D eigenvalue weighted by molar-refractivity contribution is -0.138. The predicted molar refractivity (Wildman–Crippen MR) is 253 cm³/mol. The van der Waals surface area contributed by atoms with E-state index in [1.165, 1.54) is 19.4 Å². The molecule has 15 nitrogen and oxygen atoms in total. The molecule has 66 heavy (non-hydrogen) atoms. The smallest absolute Gasteiger partial charge is 0.407 e. The predicted octanol–water partition coefficient (Wildman–Crippen LogP) is 9.01. The van der Waals surface area contributed by atoms with Crippen LogP contribution >= 0.6 is 0 Å². The first kappa shape index (κ1) is 46.0. The van der Waals surface area contributed by atoms with Crippen molar-refractivity contribution in [1.82, 2.24) is 30.2 Å². The summed E-state index contributed by atoms with van der Waals surface area (Å²) < 4.78 is 4.80. The summed E-state index contributed by atoms with van der Waals surface area (Å²) in [5.41, 5.74) is 4.86. The number of amides is 2. The van der Waals surface area contributed by atoms with E-state index < -0.39 is 12.1 Å². The Balaban J connectivity index is 0.931. The summed E-state index contributed by atoms with van der Waals surface area (Å²) in [4.78, 5) is 95.4. The molecule has 2 fully saturated rings.